The van der Waals surface area contributed by atoms with Crippen LogP contribution < -0.4 is 10.5 Å². The molecule has 0 saturated carbocycles. The molecule has 2 aromatic heterocycles. The number of ether oxygens (including phenoxy) is 1. The zero-order valence-corrected chi connectivity index (χ0v) is 22.2. The molecular formula is C25H22F9N5O4. The van der Waals surface area contributed by atoms with Crippen LogP contribution in [0.4, 0.5) is 39.5 Å². The highest BCUT2D eigenvalue weighted by molar-refractivity contribution is 5.98. The highest BCUT2D eigenvalue weighted by Gasteiger charge is 2.62. The fourth-order valence-corrected chi connectivity index (χ4v) is 4.54. The molecule has 234 valence electrons. The Balaban J connectivity index is 1.63. The lowest BCUT2D eigenvalue weighted by Gasteiger charge is -2.36. The van der Waals surface area contributed by atoms with E-state index in [9.17, 15) is 49.1 Å². The van der Waals surface area contributed by atoms with Crippen molar-refractivity contribution in [2.45, 2.75) is 31.5 Å². The summed E-state index contributed by atoms with van der Waals surface area (Å²) in [6, 6.07) is 3.62. The predicted octanol–water partition coefficient (Wildman–Crippen LogP) is 4.96. The van der Waals surface area contributed by atoms with Gasteiger partial charge in [-0.3, -0.25) is 9.59 Å². The second-order valence-electron chi connectivity index (χ2n) is 9.56. The molecule has 1 aliphatic rings. The van der Waals surface area contributed by atoms with Crippen LogP contribution in [0.25, 0.3) is 22.4 Å². The summed E-state index contributed by atoms with van der Waals surface area (Å²) >= 11 is 0. The van der Waals surface area contributed by atoms with Crippen molar-refractivity contribution in [3.63, 3.8) is 0 Å². The minimum Gasteiger partial charge on any atom is -0.494 e. The van der Waals surface area contributed by atoms with Gasteiger partial charge in [0, 0.05) is 37.1 Å². The van der Waals surface area contributed by atoms with Crippen molar-refractivity contribution in [2.24, 2.45) is 11.7 Å². The summed E-state index contributed by atoms with van der Waals surface area (Å²) in [5, 5.41) is 0.125. The summed E-state index contributed by atoms with van der Waals surface area (Å²) in [5.74, 6) is -7.58. The number of methoxy groups -OCH3 is 1. The number of alkyl halides is 9. The first-order valence-corrected chi connectivity index (χ1v) is 12.4. The van der Waals surface area contributed by atoms with Crippen molar-refractivity contribution in [2.75, 3.05) is 33.3 Å². The van der Waals surface area contributed by atoms with Crippen LogP contribution in [0.15, 0.2) is 28.7 Å². The lowest BCUT2D eigenvalue weighted by Crippen LogP contribution is -2.56. The number of carbonyl (C=O) groups is 2. The number of nitrogens with zero attached hydrogens (tertiary/aromatic N) is 4. The number of aromatic nitrogens is 2. The molecule has 2 amide bonds. The first-order valence-electron chi connectivity index (χ1n) is 12.4. The second-order valence-corrected chi connectivity index (χ2v) is 9.56. The summed E-state index contributed by atoms with van der Waals surface area (Å²) in [5.41, 5.74) is 4.36. The van der Waals surface area contributed by atoms with Crippen LogP contribution in [-0.2, 0) is 11.0 Å². The molecule has 0 bridgehead atoms. The maximum absolute atomic E-state index is 13.3. The van der Waals surface area contributed by atoms with E-state index in [1.807, 2.05) is 0 Å². The van der Waals surface area contributed by atoms with Gasteiger partial charge in [0.15, 0.2) is 11.5 Å². The van der Waals surface area contributed by atoms with Gasteiger partial charge in [-0.05, 0) is 31.2 Å². The van der Waals surface area contributed by atoms with Crippen LogP contribution in [0.3, 0.4) is 0 Å². The highest BCUT2D eigenvalue weighted by Crippen LogP contribution is 2.41. The molecule has 0 unspecified atom stereocenters. The van der Waals surface area contributed by atoms with Crippen molar-refractivity contribution in [3.8, 4) is 17.2 Å². The van der Waals surface area contributed by atoms with Gasteiger partial charge in [-0.2, -0.15) is 39.5 Å². The number of benzene rings is 1. The van der Waals surface area contributed by atoms with Crippen molar-refractivity contribution in [1.29, 1.82) is 0 Å². The average Bonchev–Trinajstić information content (AvgIpc) is 3.35. The maximum atomic E-state index is 13.3. The molecule has 1 fully saturated rings. The van der Waals surface area contributed by atoms with Crippen molar-refractivity contribution in [3.05, 3.63) is 41.4 Å². The minimum absolute atomic E-state index is 0.00539. The van der Waals surface area contributed by atoms with E-state index in [4.69, 9.17) is 14.9 Å². The van der Waals surface area contributed by atoms with Crippen molar-refractivity contribution < 1.29 is 58.3 Å². The number of piperazine rings is 1. The Morgan fingerprint density at radius 3 is 2.00 bits per heavy atom. The van der Waals surface area contributed by atoms with Gasteiger partial charge in [-0.25, -0.2) is 9.97 Å². The summed E-state index contributed by atoms with van der Waals surface area (Å²) < 4.78 is 129. The average molecular weight is 627 g/mol. The third-order valence-electron chi connectivity index (χ3n) is 6.61. The van der Waals surface area contributed by atoms with Gasteiger partial charge in [0.05, 0.1) is 13.2 Å². The lowest BCUT2D eigenvalue weighted by molar-refractivity contribution is -0.277. The molecule has 9 nitrogen and oxygen atoms in total. The van der Waals surface area contributed by atoms with E-state index >= 15 is 0 Å². The SMILES string of the molecule is COc1ccc(-c2nc(C(=O)N3CCN(C(=O)C(C(F)(F)F)C(F)(F)F)CC3)c([C@H](C)N)o2)c2ccc(C(F)(F)F)nc12. The molecule has 1 saturated heterocycles. The Bertz CT molecular complexity index is 1510. The topological polar surface area (TPSA) is 115 Å². The first-order chi connectivity index (χ1) is 19.8. The van der Waals surface area contributed by atoms with Crippen molar-refractivity contribution in [1.82, 2.24) is 19.8 Å². The van der Waals surface area contributed by atoms with Gasteiger partial charge in [-0.15, -0.1) is 0 Å². The van der Waals surface area contributed by atoms with Crippen LogP contribution in [-0.4, -0.2) is 77.2 Å². The number of nitrogens with two attached hydrogens (primary N) is 1. The molecular weight excluding hydrogens is 605 g/mol. The summed E-state index contributed by atoms with van der Waals surface area (Å²) in [6.07, 6.45) is -16.5. The number of halogens is 9. The molecule has 18 heteroatoms. The number of fused-ring (bicyclic) bond motifs is 1. The van der Waals surface area contributed by atoms with E-state index in [-0.39, 0.29) is 39.6 Å². The second kappa shape index (κ2) is 11.2. The number of hydrogen-bond donors (Lipinski definition) is 1. The molecule has 0 radical (unpaired) electrons. The van der Waals surface area contributed by atoms with Crippen LogP contribution in [0.5, 0.6) is 5.75 Å². The molecule has 0 spiro atoms. The molecule has 2 N–H and O–H groups in total. The minimum atomic E-state index is -5.86. The van der Waals surface area contributed by atoms with Gasteiger partial charge >= 0.3 is 18.5 Å². The standard InChI is InChI=1S/C25H22F9N5O4/c1-11(35)18-17(21(40)38-7-9-39(10-8-38)22(41)19(24(29,30)31)25(32,33)34)37-20(43-18)13-3-5-14(42-2)16-12(13)4-6-15(36-16)23(26,27)28/h3-6,11,19H,7-10,35H2,1-2H3/t11-/m0/s1. The summed E-state index contributed by atoms with van der Waals surface area (Å²) in [6.45, 7) is -0.661. The molecule has 3 heterocycles. The Kier molecular flexibility index (Phi) is 8.29. The van der Waals surface area contributed by atoms with Gasteiger partial charge in [0.2, 0.25) is 17.7 Å². The van der Waals surface area contributed by atoms with E-state index < -0.39 is 74.2 Å². The van der Waals surface area contributed by atoms with E-state index in [0.29, 0.717) is 4.90 Å². The first kappa shape index (κ1) is 31.8. The van der Waals surface area contributed by atoms with Gasteiger partial charge in [0.25, 0.3) is 5.91 Å². The van der Waals surface area contributed by atoms with Crippen LogP contribution in [0.2, 0.25) is 0 Å². The Morgan fingerprint density at radius 1 is 0.907 bits per heavy atom. The fourth-order valence-electron chi connectivity index (χ4n) is 4.54. The maximum Gasteiger partial charge on any atom is 0.433 e. The number of carbonyl (C=O) groups excluding carboxylic acids is 2. The number of hydrogen-bond acceptors (Lipinski definition) is 7. The molecule has 1 aliphatic heterocycles. The fraction of sp³-hybridized carbons (Fsp3) is 0.440. The van der Waals surface area contributed by atoms with E-state index in [1.165, 1.54) is 26.2 Å². The summed E-state index contributed by atoms with van der Waals surface area (Å²) in [7, 11) is 1.23. The number of oxazole rings is 1. The van der Waals surface area contributed by atoms with Crippen molar-refractivity contribution >= 4 is 22.7 Å². The van der Waals surface area contributed by atoms with Gasteiger partial charge < -0.3 is 24.7 Å². The number of amides is 2. The van der Waals surface area contributed by atoms with Crippen LogP contribution in [0.1, 0.15) is 34.9 Å². The van der Waals surface area contributed by atoms with Crippen LogP contribution >= 0.6 is 0 Å². The molecule has 3 aromatic rings. The molecule has 1 aromatic carbocycles. The Hall–Kier alpha value is -4.09. The zero-order chi connectivity index (χ0) is 32.1. The van der Waals surface area contributed by atoms with E-state index in [1.54, 1.807) is 0 Å². The lowest BCUT2D eigenvalue weighted by atomic mass is 10.1. The zero-order valence-electron chi connectivity index (χ0n) is 22.2. The van der Waals surface area contributed by atoms with Gasteiger partial charge in [0.1, 0.15) is 17.0 Å². The van der Waals surface area contributed by atoms with Gasteiger partial charge in [-0.1, -0.05) is 0 Å². The third-order valence-corrected chi connectivity index (χ3v) is 6.61. The smallest absolute Gasteiger partial charge is 0.433 e. The summed E-state index contributed by atoms with van der Waals surface area (Å²) in [4.78, 5) is 34.7. The Morgan fingerprint density at radius 2 is 1.49 bits per heavy atom. The molecule has 43 heavy (non-hydrogen) atoms. The third kappa shape index (κ3) is 6.33. The number of pyridine rings is 1. The van der Waals surface area contributed by atoms with E-state index in [0.717, 1.165) is 17.0 Å². The largest absolute Gasteiger partial charge is 0.494 e. The highest BCUT2D eigenvalue weighted by atomic mass is 19.4. The van der Waals surface area contributed by atoms with E-state index in [2.05, 4.69) is 9.97 Å². The quantitative estimate of drug-likeness (QED) is 0.398. The monoisotopic (exact) mass is 627 g/mol. The molecule has 0 aliphatic carbocycles. The predicted molar refractivity (Wildman–Crippen MR) is 129 cm³/mol. The molecule has 4 rings (SSSR count). The Labute approximate surface area is 236 Å². The molecule has 1 atom stereocenters. The van der Waals surface area contributed by atoms with Crippen LogP contribution in [0, 0.1) is 5.92 Å². The normalized spacial score (nSPS) is 15.7. The number of rotatable bonds is 5.